The molecule has 1 atom stereocenters. The average Bonchev–Trinajstić information content (AvgIpc) is 2.31. The summed E-state index contributed by atoms with van der Waals surface area (Å²) < 4.78 is 5.59. The molecule has 0 saturated carbocycles. The molecule has 0 fully saturated rings. The Labute approximate surface area is 133 Å². The number of quaternary nitrogens is 1. The van der Waals surface area contributed by atoms with Crippen molar-refractivity contribution in [2.75, 3.05) is 27.7 Å². The van der Waals surface area contributed by atoms with Crippen molar-refractivity contribution in [3.05, 3.63) is 0 Å². The van der Waals surface area contributed by atoms with Crippen LogP contribution in [-0.2, 0) is 19.1 Å². The van der Waals surface area contributed by atoms with E-state index in [1.54, 1.807) is 0 Å². The molecule has 0 aliphatic heterocycles. The molecule has 22 heavy (non-hydrogen) atoms. The van der Waals surface area contributed by atoms with E-state index in [4.69, 9.17) is 4.74 Å². The zero-order valence-electron chi connectivity index (χ0n) is 14.2. The van der Waals surface area contributed by atoms with Crippen LogP contribution in [0.4, 0.5) is 0 Å². The monoisotopic (exact) mass is 315 g/mol. The summed E-state index contributed by atoms with van der Waals surface area (Å²) in [5.41, 5.74) is 0. The number of hydrogen-bond acceptors (Lipinski definition) is 5. The Bertz CT molecular complexity index is 373. The molecule has 0 aliphatic rings. The van der Waals surface area contributed by atoms with Crippen LogP contribution in [-0.4, -0.2) is 56.0 Å². The van der Waals surface area contributed by atoms with Gasteiger partial charge in [-0.3, -0.25) is 9.59 Å². The van der Waals surface area contributed by atoms with Gasteiger partial charge in [0.2, 0.25) is 0 Å². The van der Waals surface area contributed by atoms with E-state index >= 15 is 0 Å². The first-order valence-corrected chi connectivity index (χ1v) is 7.85. The summed E-state index contributed by atoms with van der Waals surface area (Å²) in [6, 6.07) is 0. The lowest BCUT2D eigenvalue weighted by Gasteiger charge is -2.29. The van der Waals surface area contributed by atoms with E-state index in [1.807, 2.05) is 21.1 Å². The van der Waals surface area contributed by atoms with E-state index in [2.05, 4.69) is 6.92 Å². The number of esters is 1. The van der Waals surface area contributed by atoms with Gasteiger partial charge in [-0.1, -0.05) is 26.2 Å². The highest BCUT2D eigenvalue weighted by Gasteiger charge is 2.23. The Hall–Kier alpha value is -1.43. The Balaban J connectivity index is 4.26. The fourth-order valence-electron chi connectivity index (χ4n) is 2.17. The van der Waals surface area contributed by atoms with Gasteiger partial charge < -0.3 is 19.1 Å². The molecule has 0 aromatic rings. The van der Waals surface area contributed by atoms with Crippen LogP contribution in [0.25, 0.3) is 0 Å². The second-order valence-electron chi connectivity index (χ2n) is 6.69. The molecule has 0 saturated heterocycles. The molecule has 1 unspecified atom stereocenters. The predicted octanol–water partition coefficient (Wildman–Crippen LogP) is 0.674. The van der Waals surface area contributed by atoms with Gasteiger partial charge in [0.05, 0.1) is 21.1 Å². The Kier molecular flexibility index (Phi) is 9.65. The number of carboxylic acid groups (broad SMARTS) is 1. The van der Waals surface area contributed by atoms with Gasteiger partial charge >= 0.3 is 5.97 Å². The quantitative estimate of drug-likeness (QED) is 0.229. The summed E-state index contributed by atoms with van der Waals surface area (Å²) in [4.78, 5) is 34.2. The van der Waals surface area contributed by atoms with Crippen LogP contribution in [0, 0.1) is 0 Å². The van der Waals surface area contributed by atoms with Crippen molar-refractivity contribution in [3.8, 4) is 0 Å². The third-order valence-electron chi connectivity index (χ3n) is 3.09. The molecule has 0 spiro atoms. The van der Waals surface area contributed by atoms with Crippen LogP contribution in [0.3, 0.4) is 0 Å². The van der Waals surface area contributed by atoms with Gasteiger partial charge in [-0.25, -0.2) is 0 Å². The van der Waals surface area contributed by atoms with Gasteiger partial charge in [-0.2, -0.15) is 0 Å². The number of rotatable bonds is 12. The molecule has 0 aliphatic carbocycles. The second-order valence-corrected chi connectivity index (χ2v) is 6.69. The van der Waals surface area contributed by atoms with Crippen molar-refractivity contribution >= 4 is 17.7 Å². The number of carboxylic acids is 1. The van der Waals surface area contributed by atoms with Gasteiger partial charge in [0.25, 0.3) is 0 Å². The lowest BCUT2D eigenvalue weighted by molar-refractivity contribution is -0.873. The van der Waals surface area contributed by atoms with Gasteiger partial charge in [0.15, 0.2) is 6.10 Å². The molecule has 0 amide bonds. The first kappa shape index (κ1) is 20.6. The summed E-state index contributed by atoms with van der Waals surface area (Å²) in [6.45, 7) is 2.44. The van der Waals surface area contributed by atoms with Crippen molar-refractivity contribution in [3.63, 3.8) is 0 Å². The largest absolute Gasteiger partial charge is 0.550 e. The number of nitrogens with zero attached hydrogens (tertiary/aromatic N) is 1. The molecule has 0 rings (SSSR count). The first-order chi connectivity index (χ1) is 10.1. The maximum Gasteiger partial charge on any atom is 0.313 e. The molecule has 6 heteroatoms. The molecular weight excluding hydrogens is 286 g/mol. The van der Waals surface area contributed by atoms with Crippen LogP contribution in [0.15, 0.2) is 0 Å². The highest BCUT2D eigenvalue weighted by Crippen LogP contribution is 2.08. The number of Topliss-reactive ketones (excluding diaryl/α,β-unsaturated/α-hetero) is 1. The molecule has 0 aromatic heterocycles. The van der Waals surface area contributed by atoms with Crippen LogP contribution < -0.4 is 5.11 Å². The van der Waals surface area contributed by atoms with E-state index in [-0.39, 0.29) is 18.6 Å². The van der Waals surface area contributed by atoms with Crippen molar-refractivity contribution in [2.45, 2.75) is 58.0 Å². The summed E-state index contributed by atoms with van der Waals surface area (Å²) in [5, 5.41) is 10.7. The summed E-state index contributed by atoms with van der Waals surface area (Å²) >= 11 is 0. The molecular formula is C16H29NO5. The normalized spacial score (nSPS) is 12.7. The molecule has 0 aromatic carbocycles. The standard InChI is InChI=1S/C16H29NO5/c1-5-6-7-8-9-13(18)10-16(21)22-14(11-15(19)20)12-17(2,3)4/h14H,5-12H2,1-4H3. The van der Waals surface area contributed by atoms with Gasteiger partial charge in [0.1, 0.15) is 18.7 Å². The number of ketones is 1. The van der Waals surface area contributed by atoms with Gasteiger partial charge in [-0.15, -0.1) is 0 Å². The first-order valence-electron chi connectivity index (χ1n) is 7.85. The average molecular weight is 315 g/mol. The number of carbonyl (C=O) groups excluding carboxylic acids is 3. The number of unbranched alkanes of at least 4 members (excludes halogenated alkanes) is 3. The second kappa shape index (κ2) is 10.3. The van der Waals surface area contributed by atoms with Crippen molar-refractivity contribution in [1.29, 1.82) is 0 Å². The molecule has 0 heterocycles. The lowest BCUT2D eigenvalue weighted by atomic mass is 10.1. The van der Waals surface area contributed by atoms with Crippen LogP contribution in [0.1, 0.15) is 51.9 Å². The van der Waals surface area contributed by atoms with Crippen LogP contribution >= 0.6 is 0 Å². The maximum atomic E-state index is 11.8. The Morgan fingerprint density at radius 2 is 1.73 bits per heavy atom. The molecule has 0 N–H and O–H groups in total. The zero-order chi connectivity index (χ0) is 17.2. The van der Waals surface area contributed by atoms with E-state index in [0.717, 1.165) is 25.7 Å². The molecule has 128 valence electrons. The van der Waals surface area contributed by atoms with E-state index in [0.29, 0.717) is 17.4 Å². The maximum absolute atomic E-state index is 11.8. The van der Waals surface area contributed by atoms with Crippen molar-refractivity contribution in [1.82, 2.24) is 0 Å². The number of hydrogen-bond donors (Lipinski definition) is 0. The highest BCUT2D eigenvalue weighted by atomic mass is 16.5. The highest BCUT2D eigenvalue weighted by molar-refractivity contribution is 5.95. The zero-order valence-corrected chi connectivity index (χ0v) is 14.2. The lowest BCUT2D eigenvalue weighted by Crippen LogP contribution is -2.45. The van der Waals surface area contributed by atoms with E-state index < -0.39 is 18.0 Å². The van der Waals surface area contributed by atoms with Gasteiger partial charge in [-0.05, 0) is 6.42 Å². The summed E-state index contributed by atoms with van der Waals surface area (Å²) in [6.07, 6.45) is 2.88. The summed E-state index contributed by atoms with van der Waals surface area (Å²) in [7, 11) is 5.61. The van der Waals surface area contributed by atoms with Crippen molar-refractivity contribution < 1.29 is 28.7 Å². The van der Waals surface area contributed by atoms with Gasteiger partial charge in [0, 0.05) is 18.8 Å². The SMILES string of the molecule is CCCCCCC(=O)CC(=O)OC(CC(=O)[O-])C[N+](C)(C)C. The fraction of sp³-hybridized carbons (Fsp3) is 0.812. The topological polar surface area (TPSA) is 83.5 Å². The fourth-order valence-corrected chi connectivity index (χ4v) is 2.17. The van der Waals surface area contributed by atoms with Crippen molar-refractivity contribution in [2.24, 2.45) is 0 Å². The smallest absolute Gasteiger partial charge is 0.313 e. The number of likely N-dealkylation sites (N-methyl/N-ethyl adjacent to an activating group) is 1. The molecule has 0 bridgehead atoms. The van der Waals surface area contributed by atoms with Crippen LogP contribution in [0.2, 0.25) is 0 Å². The number of ether oxygens (including phenoxy) is 1. The summed E-state index contributed by atoms with van der Waals surface area (Å²) in [5.74, 6) is -2.07. The minimum Gasteiger partial charge on any atom is -0.550 e. The third-order valence-corrected chi connectivity index (χ3v) is 3.09. The Morgan fingerprint density at radius 3 is 2.23 bits per heavy atom. The number of carbonyl (C=O) groups is 3. The van der Waals surface area contributed by atoms with Crippen LogP contribution in [0.5, 0.6) is 0 Å². The predicted molar refractivity (Wildman–Crippen MR) is 80.8 cm³/mol. The minimum absolute atomic E-state index is 0.154. The minimum atomic E-state index is -1.27. The number of aliphatic carboxylic acids is 1. The third kappa shape index (κ3) is 12.3. The van der Waals surface area contributed by atoms with E-state index in [1.165, 1.54) is 0 Å². The molecule has 6 nitrogen and oxygen atoms in total. The molecule has 0 radical (unpaired) electrons. The Morgan fingerprint density at radius 1 is 1.09 bits per heavy atom. The van der Waals surface area contributed by atoms with E-state index in [9.17, 15) is 19.5 Å².